The smallest absolute Gasteiger partial charge is 0.0462 e. The maximum Gasteiger partial charge on any atom is 0.0462 e. The first-order valence-electron chi connectivity index (χ1n) is 18.7. The molecule has 0 heterocycles. The van der Waals surface area contributed by atoms with E-state index in [1.807, 2.05) is 0 Å². The molecule has 1 heteroatoms. The predicted molar refractivity (Wildman–Crippen MR) is 224 cm³/mol. The Morgan fingerprint density at radius 3 is 0.808 bits per heavy atom. The molecule has 0 spiro atoms. The van der Waals surface area contributed by atoms with Crippen LogP contribution >= 0.6 is 0 Å². The molecule has 1 nitrogen and oxygen atoms in total. The number of hydrogen-bond acceptors (Lipinski definition) is 1. The van der Waals surface area contributed by atoms with E-state index >= 15 is 0 Å². The van der Waals surface area contributed by atoms with Gasteiger partial charge in [0.1, 0.15) is 0 Å². The van der Waals surface area contributed by atoms with Gasteiger partial charge < -0.3 is 4.90 Å². The fourth-order valence-corrected chi connectivity index (χ4v) is 8.70. The minimum absolute atomic E-state index is 0.992. The summed E-state index contributed by atoms with van der Waals surface area (Å²) < 4.78 is 0. The first-order valence-corrected chi connectivity index (χ1v) is 18.7. The highest BCUT2D eigenvalue weighted by Crippen LogP contribution is 2.42. The van der Waals surface area contributed by atoms with Crippen molar-refractivity contribution < 1.29 is 0 Å². The Morgan fingerprint density at radius 2 is 0.558 bits per heavy atom. The summed E-state index contributed by atoms with van der Waals surface area (Å²) in [6.45, 7) is 13.4. The number of fused-ring (bicyclic) bond motifs is 3. The third-order valence-electron chi connectivity index (χ3n) is 12.0. The van der Waals surface area contributed by atoms with E-state index in [-0.39, 0.29) is 0 Å². The van der Waals surface area contributed by atoms with Crippen LogP contribution in [0.15, 0.2) is 109 Å². The number of anilines is 3. The summed E-state index contributed by atoms with van der Waals surface area (Å²) >= 11 is 0. The van der Waals surface area contributed by atoms with Gasteiger partial charge in [0.15, 0.2) is 0 Å². The van der Waals surface area contributed by atoms with E-state index in [2.05, 4.69) is 174 Å². The SMILES string of the molecule is Cc1ccc(C)c2c1C=C(c1ccc(N(c3ccc(C4=Cc5c(C)ccc(C)c5C4)cc3)c3ccc(C4=Cc5c(C)ccc(C)c5C4)cc3)cc1)C2. The molecular weight excluding hydrogens is 627 g/mol. The summed E-state index contributed by atoms with van der Waals surface area (Å²) in [6, 6.07) is 41.2. The van der Waals surface area contributed by atoms with E-state index in [0.29, 0.717) is 0 Å². The monoisotopic (exact) mass is 671 g/mol. The fourth-order valence-electron chi connectivity index (χ4n) is 8.70. The van der Waals surface area contributed by atoms with Gasteiger partial charge in [-0.25, -0.2) is 0 Å². The lowest BCUT2D eigenvalue weighted by molar-refractivity contribution is 1.22. The number of aryl methyl sites for hydroxylation is 6. The molecule has 254 valence electrons. The van der Waals surface area contributed by atoms with Gasteiger partial charge in [-0.05, 0) is 197 Å². The quantitative estimate of drug-likeness (QED) is 0.170. The molecule has 6 aromatic rings. The van der Waals surface area contributed by atoms with Gasteiger partial charge in [0, 0.05) is 17.1 Å². The van der Waals surface area contributed by atoms with Crippen LogP contribution in [-0.2, 0) is 19.3 Å². The van der Waals surface area contributed by atoms with Crippen LogP contribution in [0.1, 0.15) is 83.5 Å². The average molecular weight is 672 g/mol. The Morgan fingerprint density at radius 1 is 0.308 bits per heavy atom. The molecule has 0 aliphatic heterocycles. The van der Waals surface area contributed by atoms with E-state index in [0.717, 1.165) is 36.3 Å². The molecule has 0 amide bonds. The summed E-state index contributed by atoms with van der Waals surface area (Å²) in [6.07, 6.45) is 10.2. The predicted octanol–water partition coefficient (Wildman–Crippen LogP) is 13.3. The molecule has 0 bridgehead atoms. The number of rotatable bonds is 6. The van der Waals surface area contributed by atoms with E-state index < -0.39 is 0 Å². The maximum atomic E-state index is 2.40. The summed E-state index contributed by atoms with van der Waals surface area (Å²) in [5.74, 6) is 0. The Balaban J connectivity index is 1.05. The number of allylic oxidation sites excluding steroid dienone is 3. The van der Waals surface area contributed by atoms with Crippen molar-refractivity contribution in [2.75, 3.05) is 4.90 Å². The lowest BCUT2D eigenvalue weighted by Gasteiger charge is -2.26. The third kappa shape index (κ3) is 5.47. The van der Waals surface area contributed by atoms with Crippen molar-refractivity contribution in [2.24, 2.45) is 0 Å². The Kier molecular flexibility index (Phi) is 7.77. The summed E-state index contributed by atoms with van der Waals surface area (Å²) in [5, 5.41) is 0. The van der Waals surface area contributed by atoms with Crippen molar-refractivity contribution in [3.8, 4) is 0 Å². The van der Waals surface area contributed by atoms with Crippen LogP contribution in [0.3, 0.4) is 0 Å². The van der Waals surface area contributed by atoms with Crippen molar-refractivity contribution >= 4 is 52.0 Å². The maximum absolute atomic E-state index is 2.40. The van der Waals surface area contributed by atoms with Gasteiger partial charge in [0.2, 0.25) is 0 Å². The lowest BCUT2D eigenvalue weighted by Crippen LogP contribution is -2.10. The van der Waals surface area contributed by atoms with Gasteiger partial charge in [-0.15, -0.1) is 0 Å². The average Bonchev–Trinajstić information content (AvgIpc) is 3.94. The van der Waals surface area contributed by atoms with Crippen LogP contribution in [-0.4, -0.2) is 0 Å². The molecular formula is C51H45N. The van der Waals surface area contributed by atoms with Crippen molar-refractivity contribution in [3.63, 3.8) is 0 Å². The molecule has 52 heavy (non-hydrogen) atoms. The molecule has 0 N–H and O–H groups in total. The molecule has 3 aliphatic rings. The van der Waals surface area contributed by atoms with Crippen LogP contribution in [0.25, 0.3) is 34.9 Å². The zero-order valence-electron chi connectivity index (χ0n) is 31.2. The number of benzene rings is 6. The summed E-state index contributed by atoms with van der Waals surface area (Å²) in [4.78, 5) is 2.40. The molecule has 6 aromatic carbocycles. The minimum atomic E-state index is 0.992. The summed E-state index contributed by atoms with van der Waals surface area (Å²) in [7, 11) is 0. The second kappa shape index (κ2) is 12.5. The Hall–Kier alpha value is -5.66. The lowest BCUT2D eigenvalue weighted by atomic mass is 9.98. The van der Waals surface area contributed by atoms with Crippen molar-refractivity contribution in [3.05, 3.63) is 193 Å². The van der Waals surface area contributed by atoms with E-state index in [9.17, 15) is 0 Å². The van der Waals surface area contributed by atoms with Gasteiger partial charge in [-0.2, -0.15) is 0 Å². The number of nitrogens with zero attached hydrogens (tertiary/aromatic N) is 1. The van der Waals surface area contributed by atoms with Crippen molar-refractivity contribution in [2.45, 2.75) is 60.8 Å². The normalized spacial score (nSPS) is 14.1. The van der Waals surface area contributed by atoms with E-state index in [1.165, 1.54) is 100 Å². The standard InChI is InChI=1S/C51H45N/c1-31-7-8-32(2)47-26-40(25-46(31)47)37-13-19-43(20-14-37)52(44-21-15-38(16-22-44)41-27-48-33(3)9-10-34(4)49(48)28-41)45-23-17-39(18-24-45)42-29-50-35(5)11-12-36(6)51(50)30-42/h7-25,27,29H,26,28,30H2,1-6H3. The molecule has 0 unspecified atom stereocenters. The molecule has 0 saturated carbocycles. The third-order valence-corrected chi connectivity index (χ3v) is 12.0. The minimum Gasteiger partial charge on any atom is -0.311 e. The topological polar surface area (TPSA) is 3.24 Å². The van der Waals surface area contributed by atoms with Gasteiger partial charge in [-0.1, -0.05) is 91.0 Å². The van der Waals surface area contributed by atoms with Crippen LogP contribution in [0, 0.1) is 41.5 Å². The molecule has 0 fully saturated rings. The first-order chi connectivity index (χ1) is 25.2. The van der Waals surface area contributed by atoms with E-state index in [4.69, 9.17) is 0 Å². The number of hydrogen-bond donors (Lipinski definition) is 0. The van der Waals surface area contributed by atoms with Crippen molar-refractivity contribution in [1.82, 2.24) is 0 Å². The second-order valence-corrected chi connectivity index (χ2v) is 15.3. The second-order valence-electron chi connectivity index (χ2n) is 15.3. The molecule has 3 aliphatic carbocycles. The van der Waals surface area contributed by atoms with Gasteiger partial charge in [0.25, 0.3) is 0 Å². The first kappa shape index (κ1) is 32.3. The highest BCUT2D eigenvalue weighted by molar-refractivity contribution is 5.93. The largest absolute Gasteiger partial charge is 0.311 e. The van der Waals surface area contributed by atoms with Gasteiger partial charge in [-0.3, -0.25) is 0 Å². The van der Waals surface area contributed by atoms with Crippen LogP contribution in [0.5, 0.6) is 0 Å². The van der Waals surface area contributed by atoms with Gasteiger partial charge in [0.05, 0.1) is 0 Å². The zero-order valence-corrected chi connectivity index (χ0v) is 31.2. The van der Waals surface area contributed by atoms with E-state index in [1.54, 1.807) is 0 Å². The van der Waals surface area contributed by atoms with Crippen LogP contribution < -0.4 is 4.90 Å². The Labute approximate surface area is 309 Å². The molecule has 0 atom stereocenters. The Bertz CT molecular complexity index is 2220. The molecule has 0 aromatic heterocycles. The molecule has 9 rings (SSSR count). The van der Waals surface area contributed by atoms with Crippen LogP contribution in [0.4, 0.5) is 17.1 Å². The molecule has 0 radical (unpaired) electrons. The highest BCUT2D eigenvalue weighted by atomic mass is 15.1. The molecule has 0 saturated heterocycles. The van der Waals surface area contributed by atoms with Crippen molar-refractivity contribution in [1.29, 1.82) is 0 Å². The summed E-state index contributed by atoms with van der Waals surface area (Å²) in [5.41, 5.74) is 28.4. The highest BCUT2D eigenvalue weighted by Gasteiger charge is 2.22. The van der Waals surface area contributed by atoms with Gasteiger partial charge >= 0.3 is 0 Å². The van der Waals surface area contributed by atoms with Crippen LogP contribution in [0.2, 0.25) is 0 Å². The fraction of sp³-hybridized carbons (Fsp3) is 0.176. The zero-order chi connectivity index (χ0) is 35.7.